The van der Waals surface area contributed by atoms with Gasteiger partial charge >= 0.3 is 0 Å². The van der Waals surface area contributed by atoms with E-state index >= 15 is 0 Å². The van der Waals surface area contributed by atoms with Crippen LogP contribution < -0.4 is 4.74 Å². The predicted molar refractivity (Wildman–Crippen MR) is 100.0 cm³/mol. The van der Waals surface area contributed by atoms with Crippen LogP contribution in [0.4, 0.5) is 13.2 Å². The van der Waals surface area contributed by atoms with Crippen molar-refractivity contribution in [3.8, 4) is 17.0 Å². The number of carbonyl (C=O) groups is 1. The second kappa shape index (κ2) is 7.27. The lowest BCUT2D eigenvalue weighted by Crippen LogP contribution is -2.36. The first-order valence-electron chi connectivity index (χ1n) is 9.02. The van der Waals surface area contributed by atoms with Gasteiger partial charge < -0.3 is 9.64 Å². The normalized spacial score (nSPS) is 13.3. The lowest BCUT2D eigenvalue weighted by molar-refractivity contribution is 0.0729. The van der Waals surface area contributed by atoms with Crippen LogP contribution >= 0.6 is 0 Å². The molecule has 2 heterocycles. The third-order valence-corrected chi connectivity index (χ3v) is 5.08. The molecule has 3 aromatic rings. The van der Waals surface area contributed by atoms with E-state index in [0.717, 1.165) is 17.7 Å². The van der Waals surface area contributed by atoms with E-state index in [9.17, 15) is 18.0 Å². The van der Waals surface area contributed by atoms with Crippen molar-refractivity contribution in [2.45, 2.75) is 13.0 Å². The quantitative estimate of drug-likeness (QED) is 0.629. The van der Waals surface area contributed by atoms with E-state index in [4.69, 9.17) is 4.74 Å². The maximum atomic E-state index is 13.7. The largest absolute Gasteiger partial charge is 0.496 e. The Morgan fingerprint density at radius 3 is 2.52 bits per heavy atom. The molecule has 1 aromatic heterocycles. The van der Waals surface area contributed by atoms with Crippen molar-refractivity contribution in [3.63, 3.8) is 0 Å². The third-order valence-electron chi connectivity index (χ3n) is 5.08. The van der Waals surface area contributed by atoms with E-state index in [-0.39, 0.29) is 18.0 Å². The Bertz CT molecular complexity index is 1090. The number of methoxy groups -OCH3 is 1. The number of hydrogen-bond donors (Lipinski definition) is 0. The van der Waals surface area contributed by atoms with Gasteiger partial charge in [0, 0.05) is 24.7 Å². The number of benzene rings is 2. The van der Waals surface area contributed by atoms with Crippen molar-refractivity contribution in [1.82, 2.24) is 14.7 Å². The SMILES string of the molecule is COc1ccccc1C(=O)N1CCc2c(nn(C)c2-c2cc(F)c(F)c(F)c2)C1. The lowest BCUT2D eigenvalue weighted by atomic mass is 9.99. The summed E-state index contributed by atoms with van der Waals surface area (Å²) in [5.74, 6) is -3.70. The summed E-state index contributed by atoms with van der Waals surface area (Å²) in [5, 5.41) is 4.43. The molecular formula is C21H18F3N3O2. The summed E-state index contributed by atoms with van der Waals surface area (Å²) in [6.45, 7) is 0.668. The van der Waals surface area contributed by atoms with Gasteiger partial charge in [0.1, 0.15) is 5.75 Å². The minimum absolute atomic E-state index is 0.181. The topological polar surface area (TPSA) is 47.4 Å². The molecule has 0 atom stereocenters. The standard InChI is InChI=1S/C21H18F3N3O2/c1-26-20(12-9-15(22)19(24)16(23)10-12)13-7-8-27(11-17(13)25-26)21(28)14-5-3-4-6-18(14)29-2/h3-6,9-10H,7-8,11H2,1-2H3. The molecule has 0 saturated carbocycles. The molecule has 0 spiro atoms. The molecule has 0 bridgehead atoms. The van der Waals surface area contributed by atoms with Crippen LogP contribution in [0.25, 0.3) is 11.3 Å². The van der Waals surface area contributed by atoms with Crippen LogP contribution in [-0.4, -0.2) is 34.2 Å². The number of ether oxygens (including phenoxy) is 1. The molecule has 8 heteroatoms. The van der Waals surface area contributed by atoms with E-state index in [1.807, 2.05) is 0 Å². The molecule has 2 aromatic carbocycles. The Balaban J connectivity index is 1.67. The van der Waals surface area contributed by atoms with Crippen molar-refractivity contribution in [2.75, 3.05) is 13.7 Å². The molecule has 1 aliphatic rings. The van der Waals surface area contributed by atoms with Gasteiger partial charge in [-0.15, -0.1) is 0 Å². The number of para-hydroxylation sites is 1. The molecule has 1 amide bonds. The number of rotatable bonds is 3. The minimum atomic E-state index is -1.50. The van der Waals surface area contributed by atoms with Gasteiger partial charge in [-0.1, -0.05) is 12.1 Å². The lowest BCUT2D eigenvalue weighted by Gasteiger charge is -2.27. The smallest absolute Gasteiger partial charge is 0.257 e. The van der Waals surface area contributed by atoms with Gasteiger partial charge in [-0.25, -0.2) is 13.2 Å². The molecule has 0 saturated heterocycles. The van der Waals surface area contributed by atoms with Crippen LogP contribution in [0.15, 0.2) is 36.4 Å². The van der Waals surface area contributed by atoms with Gasteiger partial charge in [0.25, 0.3) is 5.91 Å². The summed E-state index contributed by atoms with van der Waals surface area (Å²) in [7, 11) is 3.16. The van der Waals surface area contributed by atoms with Crippen LogP contribution in [-0.2, 0) is 20.0 Å². The molecule has 0 radical (unpaired) electrons. The molecule has 5 nitrogen and oxygen atoms in total. The number of amides is 1. The van der Waals surface area contributed by atoms with Gasteiger partial charge in [0.05, 0.1) is 30.6 Å². The van der Waals surface area contributed by atoms with Crippen LogP contribution in [0.1, 0.15) is 21.6 Å². The molecule has 0 N–H and O–H groups in total. The van der Waals surface area contributed by atoms with E-state index in [1.54, 1.807) is 36.2 Å². The number of carbonyl (C=O) groups excluding carboxylic acids is 1. The fourth-order valence-corrected chi connectivity index (χ4v) is 3.74. The van der Waals surface area contributed by atoms with Gasteiger partial charge in [-0.2, -0.15) is 5.10 Å². The fraction of sp³-hybridized carbons (Fsp3) is 0.238. The summed E-state index contributed by atoms with van der Waals surface area (Å²) < 4.78 is 47.5. The van der Waals surface area contributed by atoms with Crippen LogP contribution in [0.5, 0.6) is 5.75 Å². The molecule has 150 valence electrons. The number of aromatic nitrogens is 2. The van der Waals surface area contributed by atoms with Crippen LogP contribution in [0.3, 0.4) is 0 Å². The monoisotopic (exact) mass is 401 g/mol. The highest BCUT2D eigenvalue weighted by Crippen LogP contribution is 2.32. The summed E-state index contributed by atoms with van der Waals surface area (Å²) in [4.78, 5) is 14.6. The zero-order valence-corrected chi connectivity index (χ0v) is 15.9. The van der Waals surface area contributed by atoms with E-state index in [2.05, 4.69) is 5.10 Å². The molecule has 0 aliphatic carbocycles. The second-order valence-electron chi connectivity index (χ2n) is 6.83. The van der Waals surface area contributed by atoms with Gasteiger partial charge in [0.2, 0.25) is 0 Å². The van der Waals surface area contributed by atoms with E-state index < -0.39 is 17.5 Å². The fourth-order valence-electron chi connectivity index (χ4n) is 3.74. The number of fused-ring (bicyclic) bond motifs is 1. The minimum Gasteiger partial charge on any atom is -0.496 e. The summed E-state index contributed by atoms with van der Waals surface area (Å²) in [6, 6.07) is 8.89. The highest BCUT2D eigenvalue weighted by atomic mass is 19.2. The summed E-state index contributed by atoms with van der Waals surface area (Å²) in [5.41, 5.74) is 2.62. The number of aryl methyl sites for hydroxylation is 1. The maximum Gasteiger partial charge on any atom is 0.257 e. The zero-order chi connectivity index (χ0) is 20.7. The Labute approximate surface area is 165 Å². The Hall–Kier alpha value is -3.29. The molecule has 4 rings (SSSR count). The Morgan fingerprint density at radius 1 is 1.14 bits per heavy atom. The average Bonchev–Trinajstić information content (AvgIpc) is 3.05. The van der Waals surface area contributed by atoms with E-state index in [0.29, 0.717) is 35.7 Å². The van der Waals surface area contributed by atoms with Gasteiger partial charge in [0.15, 0.2) is 17.5 Å². The average molecular weight is 401 g/mol. The van der Waals surface area contributed by atoms with Crippen molar-refractivity contribution in [3.05, 3.63) is 70.7 Å². The highest BCUT2D eigenvalue weighted by molar-refractivity contribution is 5.97. The number of nitrogens with zero attached hydrogens (tertiary/aromatic N) is 3. The molecule has 1 aliphatic heterocycles. The molecule has 0 fully saturated rings. The first-order chi connectivity index (χ1) is 13.9. The maximum absolute atomic E-state index is 13.7. The first-order valence-corrected chi connectivity index (χ1v) is 9.02. The van der Waals surface area contributed by atoms with Crippen molar-refractivity contribution < 1.29 is 22.7 Å². The summed E-state index contributed by atoms with van der Waals surface area (Å²) in [6.07, 6.45) is 0.458. The van der Waals surface area contributed by atoms with Gasteiger partial charge in [-0.3, -0.25) is 9.48 Å². The first kappa shape index (κ1) is 19.0. The molecule has 29 heavy (non-hydrogen) atoms. The van der Waals surface area contributed by atoms with Crippen LogP contribution in [0.2, 0.25) is 0 Å². The number of hydrogen-bond acceptors (Lipinski definition) is 3. The molecule has 0 unspecified atom stereocenters. The highest BCUT2D eigenvalue weighted by Gasteiger charge is 2.29. The van der Waals surface area contributed by atoms with Crippen molar-refractivity contribution >= 4 is 5.91 Å². The number of halogens is 3. The predicted octanol–water partition coefficient (Wildman–Crippen LogP) is 3.71. The van der Waals surface area contributed by atoms with Crippen molar-refractivity contribution in [2.24, 2.45) is 7.05 Å². The summed E-state index contributed by atoms with van der Waals surface area (Å²) >= 11 is 0. The molecular weight excluding hydrogens is 383 g/mol. The Morgan fingerprint density at radius 2 is 1.83 bits per heavy atom. The second-order valence-corrected chi connectivity index (χ2v) is 6.83. The van der Waals surface area contributed by atoms with Crippen LogP contribution in [0, 0.1) is 17.5 Å². The van der Waals surface area contributed by atoms with Crippen molar-refractivity contribution in [1.29, 1.82) is 0 Å². The Kier molecular flexibility index (Phi) is 4.77. The zero-order valence-electron chi connectivity index (χ0n) is 15.9. The van der Waals surface area contributed by atoms with E-state index in [1.165, 1.54) is 11.8 Å². The third kappa shape index (κ3) is 3.24. The van der Waals surface area contributed by atoms with Gasteiger partial charge in [-0.05, 0) is 30.7 Å².